The zero-order valence-electron chi connectivity index (χ0n) is 9.49. The Morgan fingerprint density at radius 1 is 1.56 bits per heavy atom. The predicted octanol–water partition coefficient (Wildman–Crippen LogP) is 1.47. The largest absolute Gasteiger partial charge is 0.323 e. The summed E-state index contributed by atoms with van der Waals surface area (Å²) >= 11 is 0. The van der Waals surface area contributed by atoms with Crippen molar-refractivity contribution in [3.05, 3.63) is 24.0 Å². The number of aryl methyl sites for hydroxylation is 1. The van der Waals surface area contributed by atoms with Crippen LogP contribution < -0.4 is 10.6 Å². The lowest BCUT2D eigenvalue weighted by Gasteiger charge is -2.22. The molecule has 4 heteroatoms. The summed E-state index contributed by atoms with van der Waals surface area (Å²) in [5.41, 5.74) is 1.85. The van der Waals surface area contributed by atoms with Gasteiger partial charge in [0.05, 0.1) is 17.9 Å². The molecule has 2 heterocycles. The van der Waals surface area contributed by atoms with E-state index in [0.29, 0.717) is 0 Å². The number of piperidine rings is 1. The average molecular weight is 219 g/mol. The second-order valence-electron chi connectivity index (χ2n) is 4.18. The molecule has 4 nitrogen and oxygen atoms in total. The standard InChI is InChI=1S/C12H17N3O/c1-9-5-7-13-8-11(9)15-12(16)10-4-2-3-6-14-10/h5,7-8,10,14H,2-4,6H2,1H3,(H,15,16)/t10-/m0/s1. The van der Waals surface area contributed by atoms with Gasteiger partial charge in [-0.05, 0) is 37.9 Å². The van der Waals surface area contributed by atoms with E-state index in [0.717, 1.165) is 37.1 Å². The van der Waals surface area contributed by atoms with Crippen molar-refractivity contribution in [3.8, 4) is 0 Å². The number of carbonyl (C=O) groups is 1. The Bertz CT molecular complexity index is 372. The van der Waals surface area contributed by atoms with Crippen LogP contribution in [0.4, 0.5) is 5.69 Å². The number of aromatic nitrogens is 1. The highest BCUT2D eigenvalue weighted by Crippen LogP contribution is 2.14. The molecule has 1 saturated heterocycles. The van der Waals surface area contributed by atoms with Gasteiger partial charge in [0, 0.05) is 6.20 Å². The van der Waals surface area contributed by atoms with Crippen LogP contribution in [0.2, 0.25) is 0 Å². The number of pyridine rings is 1. The molecule has 1 aromatic heterocycles. The Hall–Kier alpha value is -1.42. The van der Waals surface area contributed by atoms with Crippen molar-refractivity contribution in [1.29, 1.82) is 0 Å². The van der Waals surface area contributed by atoms with E-state index in [1.165, 1.54) is 0 Å². The Kier molecular flexibility index (Phi) is 3.51. The summed E-state index contributed by atoms with van der Waals surface area (Å²) in [7, 11) is 0. The number of rotatable bonds is 2. The number of amides is 1. The van der Waals surface area contributed by atoms with Crippen LogP contribution in [0.3, 0.4) is 0 Å². The molecule has 1 fully saturated rings. The van der Waals surface area contributed by atoms with E-state index in [1.54, 1.807) is 12.4 Å². The third-order valence-corrected chi connectivity index (χ3v) is 2.92. The highest BCUT2D eigenvalue weighted by atomic mass is 16.2. The van der Waals surface area contributed by atoms with Crippen molar-refractivity contribution in [1.82, 2.24) is 10.3 Å². The van der Waals surface area contributed by atoms with Gasteiger partial charge in [0.1, 0.15) is 0 Å². The van der Waals surface area contributed by atoms with Crippen molar-refractivity contribution in [2.75, 3.05) is 11.9 Å². The molecule has 1 aliphatic rings. The van der Waals surface area contributed by atoms with Gasteiger partial charge in [-0.1, -0.05) is 6.42 Å². The van der Waals surface area contributed by atoms with Crippen molar-refractivity contribution < 1.29 is 4.79 Å². The minimum Gasteiger partial charge on any atom is -0.323 e. The Morgan fingerprint density at radius 2 is 2.44 bits per heavy atom. The zero-order valence-corrected chi connectivity index (χ0v) is 9.49. The third kappa shape index (κ3) is 2.58. The van der Waals surface area contributed by atoms with Crippen LogP contribution >= 0.6 is 0 Å². The Morgan fingerprint density at radius 3 is 3.12 bits per heavy atom. The molecular weight excluding hydrogens is 202 g/mol. The summed E-state index contributed by atoms with van der Waals surface area (Å²) in [6.45, 7) is 2.90. The maximum atomic E-state index is 11.9. The van der Waals surface area contributed by atoms with Crippen LogP contribution in [0.5, 0.6) is 0 Å². The summed E-state index contributed by atoms with van der Waals surface area (Å²) < 4.78 is 0. The van der Waals surface area contributed by atoms with E-state index < -0.39 is 0 Å². The number of nitrogens with one attached hydrogen (secondary N) is 2. The van der Waals surface area contributed by atoms with Gasteiger partial charge < -0.3 is 10.6 Å². The molecule has 0 radical (unpaired) electrons. The lowest BCUT2D eigenvalue weighted by molar-refractivity contribution is -0.118. The fraction of sp³-hybridized carbons (Fsp3) is 0.500. The second kappa shape index (κ2) is 5.07. The van der Waals surface area contributed by atoms with Crippen molar-refractivity contribution in [2.24, 2.45) is 0 Å². The minimum atomic E-state index is -0.0478. The van der Waals surface area contributed by atoms with Crippen LogP contribution in [0.1, 0.15) is 24.8 Å². The maximum Gasteiger partial charge on any atom is 0.241 e. The first-order valence-corrected chi connectivity index (χ1v) is 5.72. The van der Waals surface area contributed by atoms with Crippen molar-refractivity contribution in [3.63, 3.8) is 0 Å². The van der Waals surface area contributed by atoms with E-state index in [-0.39, 0.29) is 11.9 Å². The molecule has 1 atom stereocenters. The smallest absolute Gasteiger partial charge is 0.241 e. The van der Waals surface area contributed by atoms with Crippen LogP contribution in [-0.2, 0) is 4.79 Å². The molecule has 1 aromatic rings. The quantitative estimate of drug-likeness (QED) is 0.792. The molecule has 0 saturated carbocycles. The predicted molar refractivity (Wildman–Crippen MR) is 63.2 cm³/mol. The number of hydrogen-bond donors (Lipinski definition) is 2. The molecular formula is C12H17N3O. The molecule has 2 rings (SSSR count). The fourth-order valence-corrected chi connectivity index (χ4v) is 1.89. The fourth-order valence-electron chi connectivity index (χ4n) is 1.89. The normalized spacial score (nSPS) is 20.4. The lowest BCUT2D eigenvalue weighted by Crippen LogP contribution is -2.43. The molecule has 0 unspecified atom stereocenters. The highest BCUT2D eigenvalue weighted by Gasteiger charge is 2.20. The first-order valence-electron chi connectivity index (χ1n) is 5.72. The molecule has 1 amide bonds. The van der Waals surface area contributed by atoms with Crippen molar-refractivity contribution in [2.45, 2.75) is 32.2 Å². The monoisotopic (exact) mass is 219 g/mol. The van der Waals surface area contributed by atoms with Crippen molar-refractivity contribution >= 4 is 11.6 Å². The van der Waals surface area contributed by atoms with Gasteiger partial charge >= 0.3 is 0 Å². The van der Waals surface area contributed by atoms with Gasteiger partial charge in [-0.25, -0.2) is 0 Å². The van der Waals surface area contributed by atoms with Crippen LogP contribution in [0.15, 0.2) is 18.5 Å². The van der Waals surface area contributed by atoms with E-state index in [1.807, 2.05) is 13.0 Å². The molecule has 2 N–H and O–H groups in total. The number of anilines is 1. The Balaban J connectivity index is 1.99. The van der Waals surface area contributed by atoms with Crippen LogP contribution in [-0.4, -0.2) is 23.5 Å². The molecule has 86 valence electrons. The van der Waals surface area contributed by atoms with E-state index in [4.69, 9.17) is 0 Å². The topological polar surface area (TPSA) is 54.0 Å². The highest BCUT2D eigenvalue weighted by molar-refractivity contribution is 5.95. The summed E-state index contributed by atoms with van der Waals surface area (Å²) in [6.07, 6.45) is 6.62. The number of carbonyl (C=O) groups excluding carboxylic acids is 1. The Labute approximate surface area is 95.5 Å². The summed E-state index contributed by atoms with van der Waals surface area (Å²) in [6, 6.07) is 1.84. The molecule has 0 aromatic carbocycles. The molecule has 0 aliphatic carbocycles. The number of nitrogens with zero attached hydrogens (tertiary/aromatic N) is 1. The maximum absolute atomic E-state index is 11.9. The summed E-state index contributed by atoms with van der Waals surface area (Å²) in [5, 5.41) is 6.14. The average Bonchev–Trinajstić information content (AvgIpc) is 2.33. The summed E-state index contributed by atoms with van der Waals surface area (Å²) in [4.78, 5) is 15.9. The minimum absolute atomic E-state index is 0.0478. The third-order valence-electron chi connectivity index (χ3n) is 2.92. The summed E-state index contributed by atoms with van der Waals surface area (Å²) in [5.74, 6) is 0.0517. The van der Waals surface area contributed by atoms with E-state index in [9.17, 15) is 4.79 Å². The van der Waals surface area contributed by atoms with Gasteiger partial charge in [0.15, 0.2) is 0 Å². The lowest BCUT2D eigenvalue weighted by atomic mass is 10.0. The van der Waals surface area contributed by atoms with Crippen LogP contribution in [0.25, 0.3) is 0 Å². The van der Waals surface area contributed by atoms with Gasteiger partial charge in [0.25, 0.3) is 0 Å². The zero-order chi connectivity index (χ0) is 11.4. The van der Waals surface area contributed by atoms with Gasteiger partial charge in [-0.3, -0.25) is 9.78 Å². The van der Waals surface area contributed by atoms with Gasteiger partial charge in [-0.2, -0.15) is 0 Å². The molecule has 1 aliphatic heterocycles. The van der Waals surface area contributed by atoms with Gasteiger partial charge in [0.2, 0.25) is 5.91 Å². The first kappa shape index (κ1) is 11.1. The van der Waals surface area contributed by atoms with Crippen LogP contribution in [0, 0.1) is 6.92 Å². The molecule has 0 spiro atoms. The van der Waals surface area contributed by atoms with E-state index in [2.05, 4.69) is 15.6 Å². The molecule has 16 heavy (non-hydrogen) atoms. The SMILES string of the molecule is Cc1ccncc1NC(=O)[C@@H]1CCCCN1. The number of hydrogen-bond acceptors (Lipinski definition) is 3. The van der Waals surface area contributed by atoms with Gasteiger partial charge in [-0.15, -0.1) is 0 Å². The second-order valence-corrected chi connectivity index (χ2v) is 4.18. The first-order chi connectivity index (χ1) is 7.77. The van der Waals surface area contributed by atoms with E-state index >= 15 is 0 Å². The molecule has 0 bridgehead atoms.